The van der Waals surface area contributed by atoms with Crippen LogP contribution in [-0.2, 0) is 6.54 Å². The van der Waals surface area contributed by atoms with Crippen LogP contribution in [0.5, 0.6) is 0 Å². The Hall–Kier alpha value is -1.39. The molecule has 20 heavy (non-hydrogen) atoms. The van der Waals surface area contributed by atoms with Gasteiger partial charge in [-0.2, -0.15) is 0 Å². The smallest absolute Gasteiger partial charge is 0.251 e. The minimum Gasteiger partial charge on any atom is -0.396 e. The minimum atomic E-state index is -0.0534. The quantitative estimate of drug-likeness (QED) is 0.879. The number of aliphatic hydroxyl groups excluding tert-OH is 1. The highest BCUT2D eigenvalue weighted by molar-refractivity contribution is 5.93. The summed E-state index contributed by atoms with van der Waals surface area (Å²) < 4.78 is 0. The molecule has 4 heteroatoms. The normalized spacial score (nSPS) is 23.6. The third-order valence-corrected chi connectivity index (χ3v) is 4.09. The third kappa shape index (κ3) is 3.58. The summed E-state index contributed by atoms with van der Waals surface area (Å²) in [5.74, 6) is -0.0534. The van der Waals surface area contributed by atoms with Gasteiger partial charge in [0.25, 0.3) is 5.91 Å². The number of carbonyl (C=O) groups is 1. The highest BCUT2D eigenvalue weighted by Gasteiger charge is 2.30. The number of nitrogens with zero attached hydrogens (tertiary/aromatic N) is 1. The van der Waals surface area contributed by atoms with Gasteiger partial charge in [-0.1, -0.05) is 19.1 Å². The standard InChI is InChI=1S/C16H24N2O2/c1-16(12-19)8-3-9-18(11-16)10-13-4-6-14(7-5-13)15(20)17-2/h4-7,19H,3,8-12H2,1-2H3,(H,17,20). The molecule has 1 aliphatic rings. The summed E-state index contributed by atoms with van der Waals surface area (Å²) in [6.07, 6.45) is 2.23. The van der Waals surface area contributed by atoms with Crippen LogP contribution in [-0.4, -0.2) is 42.7 Å². The van der Waals surface area contributed by atoms with Gasteiger partial charge in [0.15, 0.2) is 0 Å². The van der Waals surface area contributed by atoms with E-state index in [0.29, 0.717) is 5.56 Å². The molecule has 110 valence electrons. The van der Waals surface area contributed by atoms with E-state index in [2.05, 4.69) is 17.1 Å². The van der Waals surface area contributed by atoms with Gasteiger partial charge in [0.1, 0.15) is 0 Å². The predicted molar refractivity (Wildman–Crippen MR) is 79.5 cm³/mol. The van der Waals surface area contributed by atoms with E-state index in [9.17, 15) is 9.90 Å². The Bertz CT molecular complexity index is 458. The van der Waals surface area contributed by atoms with E-state index >= 15 is 0 Å². The number of carbonyl (C=O) groups excluding carboxylic acids is 1. The van der Waals surface area contributed by atoms with E-state index < -0.39 is 0 Å². The third-order valence-electron chi connectivity index (χ3n) is 4.09. The highest BCUT2D eigenvalue weighted by atomic mass is 16.3. The fourth-order valence-corrected chi connectivity index (χ4v) is 2.86. The Morgan fingerprint density at radius 3 is 2.70 bits per heavy atom. The van der Waals surface area contributed by atoms with Crippen molar-refractivity contribution in [2.75, 3.05) is 26.7 Å². The molecule has 0 bridgehead atoms. The second-order valence-electron chi connectivity index (χ2n) is 6.06. The number of piperidine rings is 1. The zero-order valence-electron chi connectivity index (χ0n) is 12.4. The lowest BCUT2D eigenvalue weighted by Crippen LogP contribution is -2.43. The van der Waals surface area contributed by atoms with Crippen LogP contribution in [0.25, 0.3) is 0 Å². The molecule has 0 spiro atoms. The maximum Gasteiger partial charge on any atom is 0.251 e. The Morgan fingerprint density at radius 1 is 1.40 bits per heavy atom. The van der Waals surface area contributed by atoms with Gasteiger partial charge in [-0.15, -0.1) is 0 Å². The molecular formula is C16H24N2O2. The average molecular weight is 276 g/mol. The van der Waals surface area contributed by atoms with E-state index in [1.54, 1.807) is 7.05 Å². The molecule has 2 N–H and O–H groups in total. The Balaban J connectivity index is 1.98. The summed E-state index contributed by atoms with van der Waals surface area (Å²) in [6.45, 7) is 5.28. The van der Waals surface area contributed by atoms with Gasteiger partial charge < -0.3 is 10.4 Å². The van der Waals surface area contributed by atoms with Crippen molar-refractivity contribution < 1.29 is 9.90 Å². The van der Waals surface area contributed by atoms with E-state index in [4.69, 9.17) is 0 Å². The summed E-state index contributed by atoms with van der Waals surface area (Å²) >= 11 is 0. The summed E-state index contributed by atoms with van der Waals surface area (Å²) in [4.78, 5) is 13.9. The first-order valence-electron chi connectivity index (χ1n) is 7.20. The van der Waals surface area contributed by atoms with Crippen LogP contribution in [0.4, 0.5) is 0 Å². The molecule has 1 aromatic rings. The lowest BCUT2D eigenvalue weighted by atomic mass is 9.82. The van der Waals surface area contributed by atoms with Crippen molar-refractivity contribution >= 4 is 5.91 Å². The fourth-order valence-electron chi connectivity index (χ4n) is 2.86. The molecule has 1 aromatic carbocycles. The molecule has 1 heterocycles. The molecular weight excluding hydrogens is 252 g/mol. The Morgan fingerprint density at radius 2 is 2.10 bits per heavy atom. The molecule has 2 rings (SSSR count). The SMILES string of the molecule is CNC(=O)c1ccc(CN2CCCC(C)(CO)C2)cc1. The largest absolute Gasteiger partial charge is 0.396 e. The molecule has 1 aliphatic heterocycles. The van der Waals surface area contributed by atoms with Crippen molar-refractivity contribution in [3.05, 3.63) is 35.4 Å². The van der Waals surface area contributed by atoms with Crippen molar-refractivity contribution in [3.8, 4) is 0 Å². The number of rotatable bonds is 4. The van der Waals surface area contributed by atoms with E-state index in [1.165, 1.54) is 5.56 Å². The summed E-state index contributed by atoms with van der Waals surface area (Å²) in [5, 5.41) is 12.1. The van der Waals surface area contributed by atoms with Gasteiger partial charge in [0.2, 0.25) is 0 Å². The van der Waals surface area contributed by atoms with E-state index in [-0.39, 0.29) is 17.9 Å². The van der Waals surface area contributed by atoms with Crippen LogP contribution < -0.4 is 5.32 Å². The maximum absolute atomic E-state index is 11.5. The first-order valence-corrected chi connectivity index (χ1v) is 7.20. The second-order valence-corrected chi connectivity index (χ2v) is 6.06. The molecule has 0 aliphatic carbocycles. The van der Waals surface area contributed by atoms with Crippen LogP contribution in [0.3, 0.4) is 0 Å². The lowest BCUT2D eigenvalue weighted by molar-refractivity contribution is 0.0429. The van der Waals surface area contributed by atoms with Gasteiger partial charge in [-0.25, -0.2) is 0 Å². The zero-order chi connectivity index (χ0) is 14.6. The molecule has 1 fully saturated rings. The average Bonchev–Trinajstić information content (AvgIpc) is 2.47. The number of amides is 1. The molecule has 0 saturated carbocycles. The van der Waals surface area contributed by atoms with Crippen molar-refractivity contribution in [2.45, 2.75) is 26.3 Å². The topological polar surface area (TPSA) is 52.6 Å². The molecule has 0 aromatic heterocycles. The van der Waals surface area contributed by atoms with Crippen LogP contribution in [0.2, 0.25) is 0 Å². The molecule has 1 saturated heterocycles. The lowest BCUT2D eigenvalue weighted by Gasteiger charge is -2.39. The summed E-state index contributed by atoms with van der Waals surface area (Å²) in [7, 11) is 1.64. The maximum atomic E-state index is 11.5. The zero-order valence-corrected chi connectivity index (χ0v) is 12.4. The number of likely N-dealkylation sites (tertiary alicyclic amines) is 1. The monoisotopic (exact) mass is 276 g/mol. The van der Waals surface area contributed by atoms with Crippen molar-refractivity contribution in [1.82, 2.24) is 10.2 Å². The molecule has 1 amide bonds. The van der Waals surface area contributed by atoms with Crippen molar-refractivity contribution in [3.63, 3.8) is 0 Å². The number of nitrogens with one attached hydrogen (secondary N) is 1. The van der Waals surface area contributed by atoms with Crippen molar-refractivity contribution in [2.24, 2.45) is 5.41 Å². The Kier molecular flexibility index (Phi) is 4.78. The van der Waals surface area contributed by atoms with Crippen LogP contribution in [0.15, 0.2) is 24.3 Å². The van der Waals surface area contributed by atoms with Crippen molar-refractivity contribution in [1.29, 1.82) is 0 Å². The minimum absolute atomic E-state index is 0.0281. The first-order chi connectivity index (χ1) is 9.56. The highest BCUT2D eigenvalue weighted by Crippen LogP contribution is 2.29. The van der Waals surface area contributed by atoms with Gasteiger partial charge in [-0.3, -0.25) is 9.69 Å². The first kappa shape index (κ1) is 15.0. The Labute approximate surface area is 120 Å². The molecule has 1 unspecified atom stereocenters. The van der Waals surface area contributed by atoms with Crippen LogP contribution in [0, 0.1) is 5.41 Å². The summed E-state index contributed by atoms with van der Waals surface area (Å²) in [6, 6.07) is 7.75. The van der Waals surface area contributed by atoms with Gasteiger partial charge in [-0.05, 0) is 37.1 Å². The van der Waals surface area contributed by atoms with Gasteiger partial charge >= 0.3 is 0 Å². The number of hydrogen-bond acceptors (Lipinski definition) is 3. The predicted octanol–water partition coefficient (Wildman–Crippen LogP) is 1.64. The number of aliphatic hydroxyl groups is 1. The molecule has 1 atom stereocenters. The molecule has 0 radical (unpaired) electrons. The van der Waals surface area contributed by atoms with Crippen LogP contribution in [0.1, 0.15) is 35.7 Å². The number of hydrogen-bond donors (Lipinski definition) is 2. The van der Waals surface area contributed by atoms with E-state index in [0.717, 1.165) is 32.5 Å². The number of benzene rings is 1. The summed E-state index contributed by atoms with van der Waals surface area (Å²) in [5.41, 5.74) is 1.93. The molecule has 4 nitrogen and oxygen atoms in total. The second kappa shape index (κ2) is 6.37. The van der Waals surface area contributed by atoms with Gasteiger partial charge in [0, 0.05) is 37.7 Å². The fraction of sp³-hybridized carbons (Fsp3) is 0.562. The van der Waals surface area contributed by atoms with Crippen LogP contribution >= 0.6 is 0 Å². The van der Waals surface area contributed by atoms with E-state index in [1.807, 2.05) is 24.3 Å². The van der Waals surface area contributed by atoms with Gasteiger partial charge in [0.05, 0.1) is 0 Å².